The van der Waals surface area contributed by atoms with Crippen LogP contribution in [0.2, 0.25) is 0 Å². The van der Waals surface area contributed by atoms with E-state index in [1.165, 1.54) is 13.8 Å². The molecule has 13 heteroatoms. The summed E-state index contributed by atoms with van der Waals surface area (Å²) in [5.74, 6) is -1.28. The van der Waals surface area contributed by atoms with Crippen molar-refractivity contribution in [2.24, 2.45) is 5.16 Å². The molecule has 0 unspecified atom stereocenters. The van der Waals surface area contributed by atoms with Crippen LogP contribution < -0.4 is 10.0 Å². The summed E-state index contributed by atoms with van der Waals surface area (Å²) in [6.07, 6.45) is -0.215. The standard InChI is InChI=1S/C21H23N5O7S/c1-12-20(13(2)32-24-12)34(29,30)26-18(21(28)31-3)11-23-19(27)9-16-8-17(25-33-16)15-6-4-14(10-22)5-7-15/h4-7,16,18,26H,8-9,11H2,1-3H3,(H,23,27)/t16-,18+/m0/s1. The lowest BCUT2D eigenvalue weighted by molar-refractivity contribution is -0.142. The van der Waals surface area contributed by atoms with Crippen molar-refractivity contribution in [2.75, 3.05) is 13.7 Å². The highest BCUT2D eigenvalue weighted by atomic mass is 32.2. The second-order valence-electron chi connectivity index (χ2n) is 7.52. The molecule has 1 aromatic heterocycles. The minimum Gasteiger partial charge on any atom is -0.468 e. The van der Waals surface area contributed by atoms with E-state index in [9.17, 15) is 18.0 Å². The van der Waals surface area contributed by atoms with Crippen LogP contribution in [0.15, 0.2) is 38.8 Å². The molecule has 0 bridgehead atoms. The Kier molecular flexibility index (Phi) is 7.64. The highest BCUT2D eigenvalue weighted by molar-refractivity contribution is 7.89. The highest BCUT2D eigenvalue weighted by Crippen LogP contribution is 2.20. The normalized spacial score (nSPS) is 16.2. The lowest BCUT2D eigenvalue weighted by Crippen LogP contribution is -2.49. The van der Waals surface area contributed by atoms with Crippen molar-refractivity contribution in [1.29, 1.82) is 5.26 Å². The predicted octanol–water partition coefficient (Wildman–Crippen LogP) is 0.683. The van der Waals surface area contributed by atoms with E-state index in [1.54, 1.807) is 24.3 Å². The summed E-state index contributed by atoms with van der Waals surface area (Å²) in [5, 5.41) is 19.0. The third-order valence-electron chi connectivity index (χ3n) is 5.02. The molecule has 34 heavy (non-hydrogen) atoms. The molecule has 1 aromatic carbocycles. The van der Waals surface area contributed by atoms with E-state index in [4.69, 9.17) is 14.6 Å². The van der Waals surface area contributed by atoms with Crippen molar-refractivity contribution < 1.29 is 32.1 Å². The van der Waals surface area contributed by atoms with E-state index < -0.39 is 34.0 Å². The first-order valence-corrected chi connectivity index (χ1v) is 11.7. The number of nitrogens with one attached hydrogen (secondary N) is 2. The van der Waals surface area contributed by atoms with Gasteiger partial charge in [-0.05, 0) is 31.5 Å². The smallest absolute Gasteiger partial charge is 0.325 e. The first-order chi connectivity index (χ1) is 16.1. The van der Waals surface area contributed by atoms with Gasteiger partial charge in [0.1, 0.15) is 22.7 Å². The largest absolute Gasteiger partial charge is 0.468 e. The summed E-state index contributed by atoms with van der Waals surface area (Å²) in [6, 6.07) is 7.48. The summed E-state index contributed by atoms with van der Waals surface area (Å²) in [6.45, 7) is 2.54. The zero-order valence-electron chi connectivity index (χ0n) is 18.7. The van der Waals surface area contributed by atoms with Crippen LogP contribution in [0.4, 0.5) is 0 Å². The maximum atomic E-state index is 12.7. The van der Waals surface area contributed by atoms with Crippen molar-refractivity contribution in [1.82, 2.24) is 15.2 Å². The number of sulfonamides is 1. The molecule has 0 fully saturated rings. The van der Waals surface area contributed by atoms with E-state index in [0.717, 1.165) is 12.7 Å². The summed E-state index contributed by atoms with van der Waals surface area (Å²) in [4.78, 5) is 29.7. The number of methoxy groups -OCH3 is 1. The highest BCUT2D eigenvalue weighted by Gasteiger charge is 2.32. The molecule has 0 radical (unpaired) electrons. The molecule has 180 valence electrons. The SMILES string of the molecule is COC(=O)[C@@H](CNC(=O)C[C@@H]1CC(c2ccc(C#N)cc2)=NO1)NS(=O)(=O)c1c(C)noc1C. The molecule has 0 spiro atoms. The summed E-state index contributed by atoms with van der Waals surface area (Å²) in [5.41, 5.74) is 2.07. The number of nitriles is 1. The Morgan fingerprint density at radius 2 is 2.00 bits per heavy atom. The van der Waals surface area contributed by atoms with Crippen molar-refractivity contribution in [3.8, 4) is 6.07 Å². The number of carbonyl (C=O) groups is 2. The number of aromatic nitrogens is 1. The van der Waals surface area contributed by atoms with Crippen LogP contribution in [-0.4, -0.2) is 57.0 Å². The van der Waals surface area contributed by atoms with Crippen LogP contribution in [0.3, 0.4) is 0 Å². The number of carbonyl (C=O) groups excluding carboxylic acids is 2. The van der Waals surface area contributed by atoms with Crippen LogP contribution in [0.25, 0.3) is 0 Å². The van der Waals surface area contributed by atoms with Gasteiger partial charge in [-0.1, -0.05) is 22.4 Å². The monoisotopic (exact) mass is 489 g/mol. The quantitative estimate of drug-likeness (QED) is 0.480. The Balaban J connectivity index is 1.56. The van der Waals surface area contributed by atoms with Gasteiger partial charge in [0.2, 0.25) is 15.9 Å². The molecule has 3 rings (SSSR count). The first kappa shape index (κ1) is 24.9. The minimum absolute atomic E-state index is 0.0617. The number of aryl methyl sites for hydroxylation is 2. The molecule has 2 N–H and O–H groups in total. The van der Waals surface area contributed by atoms with Gasteiger partial charge in [0.25, 0.3) is 0 Å². The van der Waals surface area contributed by atoms with Crippen LogP contribution in [-0.2, 0) is 29.2 Å². The molecule has 2 heterocycles. The number of oxime groups is 1. The fourth-order valence-corrected chi connectivity index (χ4v) is 4.87. The number of rotatable bonds is 9. The average Bonchev–Trinajstić information content (AvgIpc) is 3.42. The van der Waals surface area contributed by atoms with Crippen LogP contribution in [0, 0.1) is 25.2 Å². The zero-order valence-corrected chi connectivity index (χ0v) is 19.5. The molecular weight excluding hydrogens is 466 g/mol. The minimum atomic E-state index is -4.17. The number of hydrogen-bond acceptors (Lipinski definition) is 10. The predicted molar refractivity (Wildman–Crippen MR) is 117 cm³/mol. The molecule has 1 aliphatic rings. The summed E-state index contributed by atoms with van der Waals surface area (Å²) in [7, 11) is -3.06. The lowest BCUT2D eigenvalue weighted by Gasteiger charge is -2.17. The van der Waals surface area contributed by atoms with E-state index in [1.807, 2.05) is 6.07 Å². The summed E-state index contributed by atoms with van der Waals surface area (Å²) >= 11 is 0. The van der Waals surface area contributed by atoms with Crippen molar-refractivity contribution >= 4 is 27.6 Å². The molecule has 0 aliphatic carbocycles. The number of benzene rings is 1. The van der Waals surface area contributed by atoms with Gasteiger partial charge in [0.15, 0.2) is 5.76 Å². The van der Waals surface area contributed by atoms with E-state index >= 15 is 0 Å². The number of amides is 1. The Labute approximate surface area is 195 Å². The third kappa shape index (κ3) is 5.77. The number of hydrogen-bond donors (Lipinski definition) is 2. The van der Waals surface area contributed by atoms with Crippen molar-refractivity contribution in [3.05, 3.63) is 46.8 Å². The zero-order chi connectivity index (χ0) is 24.9. The maximum Gasteiger partial charge on any atom is 0.325 e. The Morgan fingerprint density at radius 3 is 2.59 bits per heavy atom. The van der Waals surface area contributed by atoms with Gasteiger partial charge >= 0.3 is 5.97 Å². The fraction of sp³-hybridized carbons (Fsp3) is 0.381. The molecule has 0 saturated heterocycles. The molecule has 12 nitrogen and oxygen atoms in total. The second-order valence-corrected chi connectivity index (χ2v) is 9.17. The molecule has 1 amide bonds. The second kappa shape index (κ2) is 10.4. The van der Waals surface area contributed by atoms with Crippen LogP contribution in [0.1, 0.15) is 35.4 Å². The van der Waals surface area contributed by atoms with Crippen LogP contribution in [0.5, 0.6) is 0 Å². The summed E-state index contributed by atoms with van der Waals surface area (Å²) < 4.78 is 37.2. The number of esters is 1. The average molecular weight is 490 g/mol. The van der Waals surface area contributed by atoms with Gasteiger partial charge in [0, 0.05) is 13.0 Å². The van der Waals surface area contributed by atoms with Gasteiger partial charge < -0.3 is 19.4 Å². The van der Waals surface area contributed by atoms with Gasteiger partial charge in [-0.25, -0.2) is 8.42 Å². The topological polar surface area (TPSA) is 173 Å². The Bertz CT molecular complexity index is 1230. The van der Waals surface area contributed by atoms with E-state index in [2.05, 4.69) is 25.1 Å². The molecule has 2 aromatic rings. The van der Waals surface area contributed by atoms with E-state index in [-0.39, 0.29) is 29.3 Å². The number of ether oxygens (including phenoxy) is 1. The molecule has 0 saturated carbocycles. The maximum absolute atomic E-state index is 12.7. The lowest BCUT2D eigenvalue weighted by atomic mass is 10.0. The van der Waals surface area contributed by atoms with Gasteiger partial charge in [-0.2, -0.15) is 9.98 Å². The Morgan fingerprint density at radius 1 is 1.29 bits per heavy atom. The first-order valence-electron chi connectivity index (χ1n) is 10.2. The van der Waals surface area contributed by atoms with Crippen LogP contribution >= 0.6 is 0 Å². The van der Waals surface area contributed by atoms with Gasteiger partial charge in [0.05, 0.1) is 30.9 Å². The third-order valence-corrected chi connectivity index (χ3v) is 6.73. The van der Waals surface area contributed by atoms with Gasteiger partial charge in [-0.3, -0.25) is 9.59 Å². The van der Waals surface area contributed by atoms with Crippen molar-refractivity contribution in [2.45, 2.75) is 43.7 Å². The van der Waals surface area contributed by atoms with Gasteiger partial charge in [-0.15, -0.1) is 0 Å². The van der Waals surface area contributed by atoms with E-state index in [0.29, 0.717) is 17.7 Å². The Hall–Kier alpha value is -3.76. The van der Waals surface area contributed by atoms with Crippen molar-refractivity contribution in [3.63, 3.8) is 0 Å². The number of nitrogens with zero attached hydrogens (tertiary/aromatic N) is 3. The molecule has 1 aliphatic heterocycles. The molecular formula is C21H23N5O7S. The molecule has 2 atom stereocenters. The fourth-order valence-electron chi connectivity index (χ4n) is 3.36.